The number of hydrogen-bond donors (Lipinski definition) is 1. The zero-order valence-corrected chi connectivity index (χ0v) is 26.5. The van der Waals surface area contributed by atoms with E-state index in [-0.39, 0.29) is 45.2 Å². The lowest BCUT2D eigenvalue weighted by molar-refractivity contribution is -0.140. The van der Waals surface area contributed by atoms with Gasteiger partial charge in [-0.3, -0.25) is 13.9 Å². The highest BCUT2D eigenvalue weighted by molar-refractivity contribution is 7.92. The van der Waals surface area contributed by atoms with Gasteiger partial charge in [0.2, 0.25) is 11.8 Å². The van der Waals surface area contributed by atoms with Crippen LogP contribution in [0.25, 0.3) is 0 Å². The van der Waals surface area contributed by atoms with Crippen LogP contribution >= 0.6 is 23.2 Å². The third-order valence-electron chi connectivity index (χ3n) is 6.79. The summed E-state index contributed by atoms with van der Waals surface area (Å²) in [6.07, 6.45) is 0.100. The summed E-state index contributed by atoms with van der Waals surface area (Å²) < 4.78 is 43.9. The maximum atomic E-state index is 15.0. The summed E-state index contributed by atoms with van der Waals surface area (Å²) >= 11 is 12.7. The Kier molecular flexibility index (Phi) is 11.0. The molecule has 4 aromatic rings. The summed E-state index contributed by atoms with van der Waals surface area (Å²) in [4.78, 5) is 29.2. The molecule has 11 heteroatoms. The van der Waals surface area contributed by atoms with Gasteiger partial charge in [0, 0.05) is 29.6 Å². The molecule has 0 radical (unpaired) electrons. The van der Waals surface area contributed by atoms with Crippen LogP contribution in [0.2, 0.25) is 10.0 Å². The van der Waals surface area contributed by atoms with Gasteiger partial charge in [-0.15, -0.1) is 0 Å². The largest absolute Gasteiger partial charge is 0.352 e. The third kappa shape index (κ3) is 8.16. The first-order chi connectivity index (χ1) is 21.0. The van der Waals surface area contributed by atoms with Crippen LogP contribution < -0.4 is 9.62 Å². The predicted octanol–water partition coefficient (Wildman–Crippen LogP) is 6.49. The van der Waals surface area contributed by atoms with Crippen molar-refractivity contribution in [2.24, 2.45) is 0 Å². The molecular formula is C33H32Cl2FN3O4S. The SMILES string of the molecule is CC(C)NC(=O)[C@@H](Cc1ccccc1)N(Cc1ccccc1F)C(=O)CN(c1cc(Cl)ccc1Cl)S(=O)(=O)c1ccccc1. The minimum absolute atomic E-state index is 0.0200. The van der Waals surface area contributed by atoms with Gasteiger partial charge in [0.15, 0.2) is 0 Å². The van der Waals surface area contributed by atoms with Crippen LogP contribution in [-0.2, 0) is 32.6 Å². The molecule has 0 aromatic heterocycles. The van der Waals surface area contributed by atoms with Gasteiger partial charge in [0.05, 0.1) is 15.6 Å². The van der Waals surface area contributed by atoms with E-state index in [1.54, 1.807) is 38.1 Å². The molecule has 0 fully saturated rings. The first-order valence-electron chi connectivity index (χ1n) is 13.9. The van der Waals surface area contributed by atoms with Gasteiger partial charge in [0.25, 0.3) is 10.0 Å². The van der Waals surface area contributed by atoms with Gasteiger partial charge < -0.3 is 10.2 Å². The summed E-state index contributed by atoms with van der Waals surface area (Å²) in [5.41, 5.74) is 0.900. The van der Waals surface area contributed by atoms with Crippen LogP contribution in [0.4, 0.5) is 10.1 Å². The molecule has 44 heavy (non-hydrogen) atoms. The quantitative estimate of drug-likeness (QED) is 0.189. The van der Waals surface area contributed by atoms with Gasteiger partial charge in [-0.05, 0) is 55.8 Å². The van der Waals surface area contributed by atoms with Crippen LogP contribution in [0.15, 0.2) is 108 Å². The standard InChI is InChI=1S/C33H32Cl2FN3O4S/c1-23(2)37-33(41)31(19-24-11-5-3-6-12-24)38(21-25-13-9-10-16-29(25)36)32(40)22-39(30-20-26(34)17-18-28(30)35)44(42,43)27-14-7-4-8-15-27/h3-18,20,23,31H,19,21-22H2,1-2H3,(H,37,41)/t31-/m1/s1. The normalized spacial score (nSPS) is 12.0. The minimum Gasteiger partial charge on any atom is -0.352 e. The second kappa shape index (κ2) is 14.7. The van der Waals surface area contributed by atoms with E-state index >= 15 is 0 Å². The second-order valence-corrected chi connectivity index (χ2v) is 13.1. The van der Waals surface area contributed by atoms with Gasteiger partial charge in [-0.2, -0.15) is 0 Å². The molecule has 230 valence electrons. The zero-order chi connectivity index (χ0) is 31.9. The first kappa shape index (κ1) is 33.0. The average Bonchev–Trinajstić information content (AvgIpc) is 3.00. The molecule has 1 atom stereocenters. The van der Waals surface area contributed by atoms with E-state index in [1.807, 2.05) is 30.3 Å². The molecule has 2 amide bonds. The number of sulfonamides is 1. The highest BCUT2D eigenvalue weighted by Gasteiger charge is 2.35. The Hall–Kier alpha value is -3.92. The predicted molar refractivity (Wildman–Crippen MR) is 172 cm³/mol. The third-order valence-corrected chi connectivity index (χ3v) is 9.12. The fraction of sp³-hybridized carbons (Fsp3) is 0.212. The molecule has 4 aromatic carbocycles. The zero-order valence-electron chi connectivity index (χ0n) is 24.2. The van der Waals surface area contributed by atoms with Crippen molar-refractivity contribution >= 4 is 50.7 Å². The lowest BCUT2D eigenvalue weighted by Gasteiger charge is -2.34. The summed E-state index contributed by atoms with van der Waals surface area (Å²) in [7, 11) is -4.36. The van der Waals surface area contributed by atoms with E-state index in [0.29, 0.717) is 0 Å². The van der Waals surface area contributed by atoms with Crippen molar-refractivity contribution in [3.05, 3.63) is 130 Å². The Morgan fingerprint density at radius 1 is 0.864 bits per heavy atom. The molecule has 7 nitrogen and oxygen atoms in total. The molecule has 0 saturated heterocycles. The van der Waals surface area contributed by atoms with E-state index in [9.17, 15) is 22.4 Å². The Morgan fingerprint density at radius 3 is 2.11 bits per heavy atom. The van der Waals surface area contributed by atoms with Gasteiger partial charge >= 0.3 is 0 Å². The monoisotopic (exact) mass is 655 g/mol. The Bertz CT molecular complexity index is 1710. The highest BCUT2D eigenvalue weighted by atomic mass is 35.5. The number of benzene rings is 4. The van der Waals surface area contributed by atoms with Crippen LogP contribution in [0, 0.1) is 5.82 Å². The Morgan fingerprint density at radius 2 is 1.48 bits per heavy atom. The van der Waals surface area contributed by atoms with E-state index in [1.165, 1.54) is 53.4 Å². The second-order valence-electron chi connectivity index (χ2n) is 10.4. The number of carbonyl (C=O) groups excluding carboxylic acids is 2. The number of nitrogens with one attached hydrogen (secondary N) is 1. The van der Waals surface area contributed by atoms with Crippen molar-refractivity contribution < 1.29 is 22.4 Å². The van der Waals surface area contributed by atoms with E-state index < -0.39 is 40.2 Å². The van der Waals surface area contributed by atoms with Crippen molar-refractivity contribution in [2.75, 3.05) is 10.8 Å². The fourth-order valence-corrected chi connectivity index (χ4v) is 6.54. The number of hydrogen-bond acceptors (Lipinski definition) is 4. The number of anilines is 1. The molecule has 0 saturated carbocycles. The smallest absolute Gasteiger partial charge is 0.264 e. The van der Waals surface area contributed by atoms with Crippen molar-refractivity contribution in [2.45, 2.75) is 43.8 Å². The van der Waals surface area contributed by atoms with E-state index in [4.69, 9.17) is 23.2 Å². The summed E-state index contributed by atoms with van der Waals surface area (Å²) in [6.45, 7) is 2.54. The van der Waals surface area contributed by atoms with Gasteiger partial charge in [-0.25, -0.2) is 12.8 Å². The average molecular weight is 657 g/mol. The number of rotatable bonds is 12. The lowest BCUT2D eigenvalue weighted by atomic mass is 10.0. The van der Waals surface area contributed by atoms with E-state index in [2.05, 4.69) is 5.32 Å². The van der Waals surface area contributed by atoms with Crippen molar-refractivity contribution in [1.82, 2.24) is 10.2 Å². The maximum Gasteiger partial charge on any atom is 0.264 e. The maximum absolute atomic E-state index is 15.0. The summed E-state index contributed by atoms with van der Waals surface area (Å²) in [5.74, 6) is -1.78. The molecule has 0 heterocycles. The number of halogens is 3. The Balaban J connectivity index is 1.84. The first-order valence-corrected chi connectivity index (χ1v) is 16.1. The molecule has 0 aliphatic rings. The fourth-order valence-electron chi connectivity index (χ4n) is 4.65. The minimum atomic E-state index is -4.36. The van der Waals surface area contributed by atoms with Crippen molar-refractivity contribution in [3.8, 4) is 0 Å². The van der Waals surface area contributed by atoms with Crippen LogP contribution in [0.5, 0.6) is 0 Å². The topological polar surface area (TPSA) is 86.8 Å². The summed E-state index contributed by atoms with van der Waals surface area (Å²) in [6, 6.07) is 25.5. The molecule has 0 bridgehead atoms. The molecule has 0 aliphatic carbocycles. The van der Waals surface area contributed by atoms with E-state index in [0.717, 1.165) is 9.87 Å². The van der Waals surface area contributed by atoms with Crippen molar-refractivity contribution in [3.63, 3.8) is 0 Å². The van der Waals surface area contributed by atoms with Crippen LogP contribution in [-0.4, -0.2) is 43.8 Å². The molecule has 1 N–H and O–H groups in total. The number of amides is 2. The Labute approximate surface area is 267 Å². The van der Waals surface area contributed by atoms with Gasteiger partial charge in [-0.1, -0.05) is 89.9 Å². The number of nitrogens with zero attached hydrogens (tertiary/aromatic N) is 2. The van der Waals surface area contributed by atoms with Crippen LogP contribution in [0.1, 0.15) is 25.0 Å². The van der Waals surface area contributed by atoms with Gasteiger partial charge in [0.1, 0.15) is 18.4 Å². The summed E-state index contributed by atoms with van der Waals surface area (Å²) in [5, 5.41) is 3.10. The molecule has 0 aliphatic heterocycles. The number of carbonyl (C=O) groups is 2. The van der Waals surface area contributed by atoms with Crippen molar-refractivity contribution in [1.29, 1.82) is 0 Å². The van der Waals surface area contributed by atoms with Crippen LogP contribution in [0.3, 0.4) is 0 Å². The lowest BCUT2D eigenvalue weighted by Crippen LogP contribution is -2.54. The molecule has 4 rings (SSSR count). The highest BCUT2D eigenvalue weighted by Crippen LogP contribution is 2.33. The molecule has 0 unspecified atom stereocenters. The molecular weight excluding hydrogens is 624 g/mol. The molecule has 0 spiro atoms.